The van der Waals surface area contributed by atoms with Crippen molar-refractivity contribution in [2.45, 2.75) is 25.6 Å². The van der Waals surface area contributed by atoms with Crippen LogP contribution in [0.2, 0.25) is 0 Å². The molecule has 126 valence electrons. The molecule has 0 saturated carbocycles. The predicted molar refractivity (Wildman–Crippen MR) is 83.1 cm³/mol. The molecule has 0 unspecified atom stereocenters. The molecule has 3 heterocycles. The maximum atomic E-state index is 13.0. The Morgan fingerprint density at radius 2 is 2.08 bits per heavy atom. The van der Waals surface area contributed by atoms with E-state index in [0.29, 0.717) is 38.1 Å². The topological polar surface area (TPSA) is 77.7 Å². The van der Waals surface area contributed by atoms with Gasteiger partial charge in [0.1, 0.15) is 0 Å². The van der Waals surface area contributed by atoms with Crippen molar-refractivity contribution in [2.75, 3.05) is 26.3 Å². The molecule has 0 spiro atoms. The Morgan fingerprint density at radius 3 is 2.92 bits per heavy atom. The van der Waals surface area contributed by atoms with E-state index < -0.39 is 6.10 Å². The lowest BCUT2D eigenvalue weighted by Gasteiger charge is -2.35. The predicted octanol–water partition coefficient (Wildman–Crippen LogP) is 1.59. The van der Waals surface area contributed by atoms with Crippen molar-refractivity contribution in [3.05, 3.63) is 47.2 Å². The summed E-state index contributed by atoms with van der Waals surface area (Å²) in [5.41, 5.74) is 2.14. The van der Waals surface area contributed by atoms with Gasteiger partial charge in [-0.1, -0.05) is 24.3 Å². The second-order valence-corrected chi connectivity index (χ2v) is 6.00. The highest BCUT2D eigenvalue weighted by molar-refractivity contribution is 5.83. The molecular weight excluding hydrogens is 310 g/mol. The number of nitrogens with zero attached hydrogens (tertiary/aromatic N) is 3. The minimum atomic E-state index is -0.543. The molecule has 1 fully saturated rings. The first-order valence-electron chi connectivity index (χ1n) is 8.12. The summed E-state index contributed by atoms with van der Waals surface area (Å²) < 4.78 is 16.9. The first kappa shape index (κ1) is 15.3. The fourth-order valence-corrected chi connectivity index (χ4v) is 3.21. The van der Waals surface area contributed by atoms with Crippen molar-refractivity contribution in [2.24, 2.45) is 0 Å². The van der Waals surface area contributed by atoms with Crippen molar-refractivity contribution in [3.8, 4) is 0 Å². The van der Waals surface area contributed by atoms with Crippen LogP contribution in [-0.2, 0) is 20.7 Å². The van der Waals surface area contributed by atoms with Crippen molar-refractivity contribution in [1.29, 1.82) is 0 Å². The van der Waals surface area contributed by atoms with E-state index in [2.05, 4.69) is 16.3 Å². The zero-order valence-corrected chi connectivity index (χ0v) is 13.5. The van der Waals surface area contributed by atoms with Gasteiger partial charge < -0.3 is 18.8 Å². The Bertz CT molecular complexity index is 745. The molecule has 7 heteroatoms. The fourth-order valence-electron chi connectivity index (χ4n) is 3.21. The maximum absolute atomic E-state index is 13.0. The Morgan fingerprint density at radius 1 is 1.21 bits per heavy atom. The number of benzene rings is 1. The molecule has 2 atom stereocenters. The lowest BCUT2D eigenvalue weighted by molar-refractivity contribution is -0.153. The number of ether oxygens (including phenoxy) is 2. The lowest BCUT2D eigenvalue weighted by Crippen LogP contribution is -2.45. The van der Waals surface area contributed by atoms with E-state index in [1.807, 2.05) is 18.2 Å². The van der Waals surface area contributed by atoms with Crippen LogP contribution in [0.4, 0.5) is 0 Å². The summed E-state index contributed by atoms with van der Waals surface area (Å²) in [6, 6.07) is 7.96. The molecule has 2 aliphatic heterocycles. The molecule has 7 nitrogen and oxygen atoms in total. The van der Waals surface area contributed by atoms with Crippen LogP contribution in [-0.4, -0.2) is 47.3 Å². The summed E-state index contributed by atoms with van der Waals surface area (Å²) in [7, 11) is 0. The number of hydrogen-bond acceptors (Lipinski definition) is 6. The van der Waals surface area contributed by atoms with Crippen LogP contribution in [0.5, 0.6) is 0 Å². The third kappa shape index (κ3) is 2.81. The van der Waals surface area contributed by atoms with Gasteiger partial charge in [-0.05, 0) is 17.5 Å². The molecule has 1 aromatic carbocycles. The summed E-state index contributed by atoms with van der Waals surface area (Å²) in [5, 5.41) is 7.83. The van der Waals surface area contributed by atoms with Crippen LogP contribution in [0.1, 0.15) is 35.1 Å². The van der Waals surface area contributed by atoms with Crippen LogP contribution in [0.15, 0.2) is 28.7 Å². The van der Waals surface area contributed by atoms with Gasteiger partial charge >= 0.3 is 0 Å². The van der Waals surface area contributed by atoms with Gasteiger partial charge in [0, 0.05) is 13.5 Å². The minimum absolute atomic E-state index is 0.0355. The standard InChI is InChI=1S/C17H19N3O4/c1-11-18-19-16(24-11)14-10-20(7-9-22-14)17(21)15-13-5-3-2-4-12(13)6-8-23-15/h2-5,14-15H,6-10H2,1H3/t14-,15+/m1/s1. The number of rotatable bonds is 2. The first-order chi connectivity index (χ1) is 11.7. The first-order valence-corrected chi connectivity index (χ1v) is 8.12. The van der Waals surface area contributed by atoms with Crippen LogP contribution >= 0.6 is 0 Å². The van der Waals surface area contributed by atoms with Crippen molar-refractivity contribution in [1.82, 2.24) is 15.1 Å². The Balaban J connectivity index is 1.52. The second-order valence-electron chi connectivity index (χ2n) is 6.00. The number of hydrogen-bond donors (Lipinski definition) is 0. The van der Waals surface area contributed by atoms with Crippen LogP contribution in [0, 0.1) is 6.92 Å². The smallest absolute Gasteiger partial charge is 0.256 e. The number of carbonyl (C=O) groups is 1. The van der Waals surface area contributed by atoms with Gasteiger partial charge in [-0.2, -0.15) is 0 Å². The minimum Gasteiger partial charge on any atom is -0.423 e. The molecule has 4 rings (SSSR count). The Hall–Kier alpha value is -2.25. The van der Waals surface area contributed by atoms with Gasteiger partial charge in [0.15, 0.2) is 12.2 Å². The normalized spacial score (nSPS) is 23.8. The highest BCUT2D eigenvalue weighted by Gasteiger charge is 2.35. The van der Waals surface area contributed by atoms with E-state index in [4.69, 9.17) is 13.9 Å². The molecule has 0 radical (unpaired) electrons. The van der Waals surface area contributed by atoms with E-state index in [0.717, 1.165) is 12.0 Å². The fraction of sp³-hybridized carbons (Fsp3) is 0.471. The summed E-state index contributed by atoms with van der Waals surface area (Å²) in [6.07, 6.45) is -0.0895. The average molecular weight is 329 g/mol. The quantitative estimate of drug-likeness (QED) is 0.833. The highest BCUT2D eigenvalue weighted by atomic mass is 16.5. The third-order valence-electron chi connectivity index (χ3n) is 4.41. The molecular formula is C17H19N3O4. The maximum Gasteiger partial charge on any atom is 0.256 e. The van der Waals surface area contributed by atoms with E-state index in [9.17, 15) is 4.79 Å². The van der Waals surface area contributed by atoms with Gasteiger partial charge in [0.2, 0.25) is 11.8 Å². The monoisotopic (exact) mass is 329 g/mol. The molecule has 0 N–H and O–H groups in total. The van der Waals surface area contributed by atoms with Crippen LogP contribution < -0.4 is 0 Å². The highest BCUT2D eigenvalue weighted by Crippen LogP contribution is 2.30. The molecule has 24 heavy (non-hydrogen) atoms. The van der Waals surface area contributed by atoms with Crippen molar-refractivity contribution < 1.29 is 18.7 Å². The lowest BCUT2D eigenvalue weighted by atomic mass is 9.96. The zero-order valence-electron chi connectivity index (χ0n) is 13.5. The average Bonchev–Trinajstić information content (AvgIpc) is 3.07. The molecule has 0 bridgehead atoms. The Kier molecular flexibility index (Phi) is 4.03. The number of amides is 1. The van der Waals surface area contributed by atoms with Gasteiger partial charge in [-0.3, -0.25) is 4.79 Å². The van der Waals surface area contributed by atoms with Gasteiger partial charge in [-0.25, -0.2) is 0 Å². The SMILES string of the molecule is Cc1nnc([C@H]2CN(C(=O)[C@H]3OCCc4ccccc43)CCO2)o1. The van der Waals surface area contributed by atoms with Crippen molar-refractivity contribution >= 4 is 5.91 Å². The summed E-state index contributed by atoms with van der Waals surface area (Å²) in [6.45, 7) is 3.65. The number of aromatic nitrogens is 2. The van der Waals surface area contributed by atoms with Gasteiger partial charge in [0.25, 0.3) is 5.91 Å². The number of aryl methyl sites for hydroxylation is 1. The second kappa shape index (κ2) is 6.33. The third-order valence-corrected chi connectivity index (χ3v) is 4.41. The summed E-state index contributed by atoms with van der Waals surface area (Å²) in [5.74, 6) is 0.864. The van der Waals surface area contributed by atoms with Crippen LogP contribution in [0.3, 0.4) is 0 Å². The number of fused-ring (bicyclic) bond motifs is 1. The van der Waals surface area contributed by atoms with Crippen molar-refractivity contribution in [3.63, 3.8) is 0 Å². The molecule has 0 aliphatic carbocycles. The van der Waals surface area contributed by atoms with E-state index in [1.54, 1.807) is 11.8 Å². The summed E-state index contributed by atoms with van der Waals surface area (Å²) in [4.78, 5) is 14.7. The Labute approximate surface area is 139 Å². The van der Waals surface area contributed by atoms with E-state index >= 15 is 0 Å². The van der Waals surface area contributed by atoms with Gasteiger partial charge in [0.05, 0.1) is 19.8 Å². The van der Waals surface area contributed by atoms with Gasteiger partial charge in [-0.15, -0.1) is 10.2 Å². The number of morpholine rings is 1. The molecule has 2 aromatic rings. The molecule has 1 saturated heterocycles. The zero-order chi connectivity index (χ0) is 16.5. The molecule has 2 aliphatic rings. The van der Waals surface area contributed by atoms with E-state index in [-0.39, 0.29) is 12.0 Å². The molecule has 1 amide bonds. The largest absolute Gasteiger partial charge is 0.423 e. The van der Waals surface area contributed by atoms with E-state index in [1.165, 1.54) is 5.56 Å². The summed E-state index contributed by atoms with van der Waals surface area (Å²) >= 11 is 0. The number of carbonyl (C=O) groups excluding carboxylic acids is 1. The van der Waals surface area contributed by atoms with Crippen LogP contribution in [0.25, 0.3) is 0 Å². The molecule has 1 aromatic heterocycles.